The lowest BCUT2D eigenvalue weighted by Crippen LogP contribution is -2.56. The summed E-state index contributed by atoms with van der Waals surface area (Å²) < 4.78 is 6.98. The maximum atomic E-state index is 12.3. The monoisotopic (exact) mass is 343 g/mol. The average Bonchev–Trinajstić information content (AvgIpc) is 3.22. The van der Waals surface area contributed by atoms with E-state index in [1.807, 2.05) is 35.1 Å². The van der Waals surface area contributed by atoms with Crippen molar-refractivity contribution in [1.29, 1.82) is 0 Å². The number of nitrogens with zero attached hydrogens (tertiary/aromatic N) is 4. The summed E-state index contributed by atoms with van der Waals surface area (Å²) in [4.78, 5) is 27.2. The minimum atomic E-state index is -0.267. The zero-order valence-electron chi connectivity index (χ0n) is 13.9. The summed E-state index contributed by atoms with van der Waals surface area (Å²) in [6.45, 7) is 3.33. The Morgan fingerprint density at radius 1 is 1.32 bits per heavy atom. The maximum absolute atomic E-state index is 12.3. The first-order valence-electron chi connectivity index (χ1n) is 8.59. The molecule has 25 heavy (non-hydrogen) atoms. The molecular weight excluding hydrogens is 322 g/mol. The molecule has 0 unspecified atom stereocenters. The number of benzene rings is 1. The van der Waals surface area contributed by atoms with Crippen LogP contribution in [-0.4, -0.2) is 70.5 Å². The van der Waals surface area contributed by atoms with E-state index in [0.29, 0.717) is 32.8 Å². The summed E-state index contributed by atoms with van der Waals surface area (Å²) in [5.74, 6) is 0. The number of carbonyl (C=O) groups is 2. The van der Waals surface area contributed by atoms with Crippen molar-refractivity contribution < 1.29 is 14.3 Å². The number of ether oxygens (including phenoxy) is 1. The largest absolute Gasteiger partial charge is 0.447 e. The van der Waals surface area contributed by atoms with Crippen molar-refractivity contribution in [3.05, 3.63) is 30.5 Å². The van der Waals surface area contributed by atoms with Crippen LogP contribution in [0.4, 0.5) is 9.59 Å². The number of hydrogen-bond donors (Lipinski definition) is 1. The third-order valence-corrected chi connectivity index (χ3v) is 4.78. The number of piperazine rings is 1. The third kappa shape index (κ3) is 3.11. The fourth-order valence-electron chi connectivity index (χ4n) is 3.41. The molecule has 132 valence electrons. The zero-order valence-corrected chi connectivity index (χ0v) is 13.9. The highest BCUT2D eigenvalue weighted by Crippen LogP contribution is 2.17. The topological polar surface area (TPSA) is 79.7 Å². The molecule has 3 amide bonds. The quantitative estimate of drug-likeness (QED) is 0.848. The van der Waals surface area contributed by atoms with Gasteiger partial charge in [0, 0.05) is 38.1 Å². The molecule has 4 rings (SSSR count). The van der Waals surface area contributed by atoms with Gasteiger partial charge in [-0.3, -0.25) is 9.58 Å². The number of hydrogen-bond acceptors (Lipinski definition) is 4. The van der Waals surface area contributed by atoms with Crippen LogP contribution in [0.1, 0.15) is 6.42 Å². The smallest absolute Gasteiger partial charge is 0.410 e. The minimum Gasteiger partial charge on any atom is -0.447 e. The fourth-order valence-corrected chi connectivity index (χ4v) is 3.41. The van der Waals surface area contributed by atoms with Gasteiger partial charge in [-0.05, 0) is 12.5 Å². The Hall–Kier alpha value is -2.77. The average molecular weight is 343 g/mol. The number of cyclic esters (lactones) is 1. The molecule has 1 aromatic carbocycles. The van der Waals surface area contributed by atoms with Crippen LogP contribution in [0, 0.1) is 0 Å². The Morgan fingerprint density at radius 3 is 3.12 bits per heavy atom. The van der Waals surface area contributed by atoms with Crippen LogP contribution in [0.5, 0.6) is 0 Å². The highest BCUT2D eigenvalue weighted by molar-refractivity contribution is 5.78. The summed E-state index contributed by atoms with van der Waals surface area (Å²) in [5, 5.41) is 8.47. The first-order chi connectivity index (χ1) is 12.2. The van der Waals surface area contributed by atoms with E-state index in [-0.39, 0.29) is 18.2 Å². The van der Waals surface area contributed by atoms with Crippen LogP contribution < -0.4 is 5.32 Å². The van der Waals surface area contributed by atoms with Gasteiger partial charge in [0.1, 0.15) is 6.61 Å². The van der Waals surface area contributed by atoms with Gasteiger partial charge in [-0.2, -0.15) is 5.10 Å². The molecule has 2 aromatic rings. The van der Waals surface area contributed by atoms with Gasteiger partial charge in [0.2, 0.25) is 0 Å². The number of rotatable bonds is 4. The molecule has 0 aliphatic carbocycles. The summed E-state index contributed by atoms with van der Waals surface area (Å²) in [6.07, 6.45) is 2.40. The number of urea groups is 1. The molecule has 2 aliphatic heterocycles. The maximum Gasteiger partial charge on any atom is 0.410 e. The number of para-hydroxylation sites is 1. The van der Waals surface area contributed by atoms with Gasteiger partial charge < -0.3 is 15.0 Å². The fraction of sp³-hybridized carbons (Fsp3) is 0.471. The van der Waals surface area contributed by atoms with Crippen LogP contribution in [-0.2, 0) is 11.3 Å². The first-order valence-corrected chi connectivity index (χ1v) is 8.59. The van der Waals surface area contributed by atoms with E-state index < -0.39 is 0 Å². The van der Waals surface area contributed by atoms with E-state index in [1.165, 1.54) is 0 Å². The number of aromatic nitrogens is 2. The van der Waals surface area contributed by atoms with Gasteiger partial charge >= 0.3 is 12.1 Å². The van der Waals surface area contributed by atoms with Gasteiger partial charge in [-0.25, -0.2) is 9.59 Å². The van der Waals surface area contributed by atoms with Crippen LogP contribution in [0.15, 0.2) is 30.5 Å². The molecule has 0 saturated carbocycles. The lowest BCUT2D eigenvalue weighted by Gasteiger charge is -2.35. The Labute approximate surface area is 145 Å². The van der Waals surface area contributed by atoms with Crippen LogP contribution in [0.2, 0.25) is 0 Å². The van der Waals surface area contributed by atoms with Crippen molar-refractivity contribution in [1.82, 2.24) is 24.9 Å². The van der Waals surface area contributed by atoms with Crippen molar-refractivity contribution >= 4 is 23.0 Å². The van der Waals surface area contributed by atoms with Gasteiger partial charge in [0.05, 0.1) is 17.8 Å². The van der Waals surface area contributed by atoms with E-state index in [9.17, 15) is 9.59 Å². The van der Waals surface area contributed by atoms with E-state index in [2.05, 4.69) is 10.4 Å². The van der Waals surface area contributed by atoms with Crippen LogP contribution in [0.25, 0.3) is 10.9 Å². The number of carbonyl (C=O) groups excluding carboxylic acids is 2. The van der Waals surface area contributed by atoms with Gasteiger partial charge in [-0.1, -0.05) is 18.2 Å². The first kappa shape index (κ1) is 15.7. The highest BCUT2D eigenvalue weighted by Gasteiger charge is 2.38. The van der Waals surface area contributed by atoms with Crippen LogP contribution >= 0.6 is 0 Å². The molecule has 2 fully saturated rings. The van der Waals surface area contributed by atoms with Crippen molar-refractivity contribution in [3.63, 3.8) is 0 Å². The van der Waals surface area contributed by atoms with Crippen molar-refractivity contribution in [3.8, 4) is 0 Å². The Morgan fingerprint density at radius 2 is 2.20 bits per heavy atom. The number of amides is 3. The second-order valence-corrected chi connectivity index (χ2v) is 6.38. The SMILES string of the molecule is O=C(NCCCn1ncc2ccccc21)N1CCN2C(=O)OC[C@@H]2C1. The molecule has 2 aliphatic rings. The Balaban J connectivity index is 1.23. The van der Waals surface area contributed by atoms with Crippen LogP contribution in [0.3, 0.4) is 0 Å². The van der Waals surface area contributed by atoms with E-state index in [0.717, 1.165) is 23.9 Å². The normalized spacial score (nSPS) is 19.8. The summed E-state index contributed by atoms with van der Waals surface area (Å²) in [5.41, 5.74) is 1.11. The van der Waals surface area contributed by atoms with Gasteiger partial charge in [0.15, 0.2) is 0 Å². The molecule has 8 nitrogen and oxygen atoms in total. The highest BCUT2D eigenvalue weighted by atomic mass is 16.6. The number of fused-ring (bicyclic) bond motifs is 2. The summed E-state index contributed by atoms with van der Waals surface area (Å²) >= 11 is 0. The Bertz CT molecular complexity index is 789. The lowest BCUT2D eigenvalue weighted by molar-refractivity contribution is 0.127. The van der Waals surface area contributed by atoms with Gasteiger partial charge in [-0.15, -0.1) is 0 Å². The van der Waals surface area contributed by atoms with Gasteiger partial charge in [0.25, 0.3) is 0 Å². The molecular formula is C17H21N5O3. The predicted molar refractivity (Wildman–Crippen MR) is 91.2 cm³/mol. The van der Waals surface area contributed by atoms with Crippen molar-refractivity contribution in [2.45, 2.75) is 19.0 Å². The van der Waals surface area contributed by atoms with Crippen molar-refractivity contribution in [2.24, 2.45) is 0 Å². The molecule has 1 N–H and O–H groups in total. The molecule has 3 heterocycles. The molecule has 1 aromatic heterocycles. The molecule has 0 spiro atoms. The second kappa shape index (κ2) is 6.62. The predicted octanol–water partition coefficient (Wildman–Crippen LogP) is 1.27. The lowest BCUT2D eigenvalue weighted by atomic mass is 10.2. The number of nitrogens with one attached hydrogen (secondary N) is 1. The summed E-state index contributed by atoms with van der Waals surface area (Å²) in [6, 6.07) is 7.99. The summed E-state index contributed by atoms with van der Waals surface area (Å²) in [7, 11) is 0. The minimum absolute atomic E-state index is 0.0116. The molecule has 8 heteroatoms. The molecule has 0 radical (unpaired) electrons. The van der Waals surface area contributed by atoms with Crippen molar-refractivity contribution in [2.75, 3.05) is 32.8 Å². The van der Waals surface area contributed by atoms with E-state index >= 15 is 0 Å². The molecule has 2 saturated heterocycles. The molecule has 0 bridgehead atoms. The standard InChI is InChI=1S/C17H21N5O3/c23-16(20-8-9-21-14(11-20)12-25-17(21)24)18-6-3-7-22-15-5-2-1-4-13(15)10-19-22/h1-2,4-5,10,14H,3,6-9,11-12H2,(H,18,23)/t14-/m0/s1. The Kier molecular flexibility index (Phi) is 4.17. The van der Waals surface area contributed by atoms with E-state index in [1.54, 1.807) is 9.80 Å². The number of aryl methyl sites for hydroxylation is 1. The zero-order chi connectivity index (χ0) is 17.2. The molecule has 1 atom stereocenters. The van der Waals surface area contributed by atoms with E-state index in [4.69, 9.17) is 4.74 Å². The third-order valence-electron chi connectivity index (χ3n) is 4.78. The second-order valence-electron chi connectivity index (χ2n) is 6.38.